The molecule has 74 valence electrons. The van der Waals surface area contributed by atoms with Gasteiger partial charge in [-0.2, -0.15) is 0 Å². The standard InChI is InChI=1S/C11H17BrO/c1-11(2,3)10-8(12)6-5-7-9(10)13-4/h5-7,9-10H,1-4H3. The van der Waals surface area contributed by atoms with Gasteiger partial charge in [-0.3, -0.25) is 0 Å². The molecule has 0 saturated carbocycles. The predicted molar refractivity (Wildman–Crippen MR) is 59.9 cm³/mol. The number of hydrogen-bond acceptors (Lipinski definition) is 1. The molecule has 0 fully saturated rings. The van der Waals surface area contributed by atoms with Crippen molar-refractivity contribution in [1.82, 2.24) is 0 Å². The smallest absolute Gasteiger partial charge is 0.0833 e. The predicted octanol–water partition coefficient (Wildman–Crippen LogP) is 3.51. The molecule has 0 radical (unpaired) electrons. The molecule has 1 aliphatic rings. The maximum Gasteiger partial charge on any atom is 0.0833 e. The molecule has 0 N–H and O–H groups in total. The number of methoxy groups -OCH3 is 1. The average molecular weight is 245 g/mol. The molecule has 0 aromatic heterocycles. The van der Waals surface area contributed by atoms with E-state index in [2.05, 4.69) is 48.9 Å². The Labute approximate surface area is 89.0 Å². The Bertz CT molecular complexity index is 235. The van der Waals surface area contributed by atoms with Crippen LogP contribution < -0.4 is 0 Å². The third-order valence-electron chi connectivity index (χ3n) is 2.39. The summed E-state index contributed by atoms with van der Waals surface area (Å²) < 4.78 is 6.67. The molecular formula is C11H17BrO. The summed E-state index contributed by atoms with van der Waals surface area (Å²) in [5.74, 6) is 0.419. The van der Waals surface area contributed by atoms with Gasteiger partial charge < -0.3 is 4.74 Å². The Morgan fingerprint density at radius 3 is 2.38 bits per heavy atom. The lowest BCUT2D eigenvalue weighted by molar-refractivity contribution is 0.0586. The Kier molecular flexibility index (Phi) is 3.36. The quantitative estimate of drug-likeness (QED) is 0.686. The van der Waals surface area contributed by atoms with Crippen molar-refractivity contribution in [2.24, 2.45) is 11.3 Å². The van der Waals surface area contributed by atoms with Gasteiger partial charge in [0.25, 0.3) is 0 Å². The molecule has 1 rings (SSSR count). The van der Waals surface area contributed by atoms with Crippen LogP contribution in [-0.2, 0) is 4.74 Å². The van der Waals surface area contributed by atoms with Crippen molar-refractivity contribution in [2.75, 3.05) is 7.11 Å². The summed E-state index contributed by atoms with van der Waals surface area (Å²) in [6, 6.07) is 0. The van der Waals surface area contributed by atoms with E-state index in [4.69, 9.17) is 4.74 Å². The van der Waals surface area contributed by atoms with E-state index in [0.29, 0.717) is 5.92 Å². The van der Waals surface area contributed by atoms with Crippen LogP contribution in [0, 0.1) is 11.3 Å². The largest absolute Gasteiger partial charge is 0.377 e. The van der Waals surface area contributed by atoms with E-state index in [0.717, 1.165) is 0 Å². The monoisotopic (exact) mass is 244 g/mol. The highest BCUT2D eigenvalue weighted by Crippen LogP contribution is 2.40. The Balaban J connectivity index is 2.91. The van der Waals surface area contributed by atoms with E-state index < -0.39 is 0 Å². The Hall–Kier alpha value is -0.0800. The molecule has 0 heterocycles. The lowest BCUT2D eigenvalue weighted by atomic mass is 9.75. The number of hydrogen-bond donors (Lipinski definition) is 0. The van der Waals surface area contributed by atoms with Gasteiger partial charge in [0, 0.05) is 17.5 Å². The van der Waals surface area contributed by atoms with E-state index in [9.17, 15) is 0 Å². The van der Waals surface area contributed by atoms with Crippen LogP contribution >= 0.6 is 15.9 Å². The van der Waals surface area contributed by atoms with Gasteiger partial charge in [0.1, 0.15) is 0 Å². The summed E-state index contributed by atoms with van der Waals surface area (Å²) in [5, 5.41) is 0. The molecule has 13 heavy (non-hydrogen) atoms. The third kappa shape index (κ3) is 2.44. The molecule has 2 unspecified atom stereocenters. The van der Waals surface area contributed by atoms with Gasteiger partial charge in [-0.1, -0.05) is 54.9 Å². The fraction of sp³-hybridized carbons (Fsp3) is 0.636. The van der Waals surface area contributed by atoms with Crippen LogP contribution in [0.15, 0.2) is 22.7 Å². The van der Waals surface area contributed by atoms with Crippen LogP contribution in [0.25, 0.3) is 0 Å². The van der Waals surface area contributed by atoms with Crippen LogP contribution in [0.2, 0.25) is 0 Å². The van der Waals surface area contributed by atoms with Crippen LogP contribution in [0.4, 0.5) is 0 Å². The number of halogens is 1. The highest BCUT2D eigenvalue weighted by molar-refractivity contribution is 9.11. The maximum atomic E-state index is 5.44. The highest BCUT2D eigenvalue weighted by atomic mass is 79.9. The maximum absolute atomic E-state index is 5.44. The second-order valence-corrected chi connectivity index (χ2v) is 5.40. The summed E-state index contributed by atoms with van der Waals surface area (Å²) in [6.45, 7) is 6.70. The van der Waals surface area contributed by atoms with E-state index >= 15 is 0 Å². The molecule has 2 heteroatoms. The summed E-state index contributed by atoms with van der Waals surface area (Å²) in [5.41, 5.74) is 0.223. The van der Waals surface area contributed by atoms with Crippen molar-refractivity contribution >= 4 is 15.9 Å². The second kappa shape index (κ2) is 3.97. The fourth-order valence-electron chi connectivity index (χ4n) is 1.75. The number of ether oxygens (including phenoxy) is 1. The summed E-state index contributed by atoms with van der Waals surface area (Å²) in [4.78, 5) is 0. The van der Waals surface area contributed by atoms with Gasteiger partial charge in [0.15, 0.2) is 0 Å². The third-order valence-corrected chi connectivity index (χ3v) is 3.14. The van der Waals surface area contributed by atoms with Gasteiger partial charge in [-0.05, 0) is 5.41 Å². The molecule has 0 aromatic carbocycles. The van der Waals surface area contributed by atoms with Gasteiger partial charge in [-0.25, -0.2) is 0 Å². The van der Waals surface area contributed by atoms with E-state index in [-0.39, 0.29) is 11.5 Å². The van der Waals surface area contributed by atoms with Gasteiger partial charge >= 0.3 is 0 Å². The van der Waals surface area contributed by atoms with Crippen LogP contribution in [0.3, 0.4) is 0 Å². The molecule has 0 aliphatic heterocycles. The zero-order chi connectivity index (χ0) is 10.1. The molecule has 0 saturated heterocycles. The minimum atomic E-state index is 0.194. The number of allylic oxidation sites excluding steroid dienone is 2. The first kappa shape index (κ1) is 11.0. The molecular weight excluding hydrogens is 228 g/mol. The Morgan fingerprint density at radius 2 is 2.00 bits per heavy atom. The van der Waals surface area contributed by atoms with Gasteiger partial charge in [0.05, 0.1) is 6.10 Å². The summed E-state index contributed by atoms with van der Waals surface area (Å²) >= 11 is 3.60. The topological polar surface area (TPSA) is 9.23 Å². The molecule has 2 atom stereocenters. The van der Waals surface area contributed by atoms with Gasteiger partial charge in [0.2, 0.25) is 0 Å². The first-order chi connectivity index (χ1) is 5.96. The molecule has 0 bridgehead atoms. The zero-order valence-electron chi connectivity index (χ0n) is 8.67. The molecule has 0 amide bonds. The minimum absolute atomic E-state index is 0.194. The number of rotatable bonds is 1. The molecule has 1 nitrogen and oxygen atoms in total. The Morgan fingerprint density at radius 1 is 1.38 bits per heavy atom. The lowest BCUT2D eigenvalue weighted by Crippen LogP contribution is -2.33. The summed E-state index contributed by atoms with van der Waals surface area (Å²) in [7, 11) is 1.76. The van der Waals surface area contributed by atoms with E-state index in [1.165, 1.54) is 4.48 Å². The van der Waals surface area contributed by atoms with Crippen molar-refractivity contribution in [1.29, 1.82) is 0 Å². The normalized spacial score (nSPS) is 28.8. The van der Waals surface area contributed by atoms with Crippen molar-refractivity contribution in [3.8, 4) is 0 Å². The highest BCUT2D eigenvalue weighted by Gasteiger charge is 2.34. The first-order valence-electron chi connectivity index (χ1n) is 4.53. The van der Waals surface area contributed by atoms with Crippen molar-refractivity contribution in [3.63, 3.8) is 0 Å². The van der Waals surface area contributed by atoms with Crippen LogP contribution in [0.5, 0.6) is 0 Å². The zero-order valence-corrected chi connectivity index (χ0v) is 10.3. The van der Waals surface area contributed by atoms with Gasteiger partial charge in [-0.15, -0.1) is 0 Å². The van der Waals surface area contributed by atoms with E-state index in [1.54, 1.807) is 7.11 Å². The van der Waals surface area contributed by atoms with Crippen LogP contribution in [-0.4, -0.2) is 13.2 Å². The minimum Gasteiger partial charge on any atom is -0.377 e. The van der Waals surface area contributed by atoms with Crippen molar-refractivity contribution in [3.05, 3.63) is 22.7 Å². The molecule has 0 spiro atoms. The average Bonchev–Trinajstić information content (AvgIpc) is 2.01. The SMILES string of the molecule is COC1C=CC=C(Br)C1C(C)(C)C. The first-order valence-corrected chi connectivity index (χ1v) is 5.33. The van der Waals surface area contributed by atoms with Crippen LogP contribution in [0.1, 0.15) is 20.8 Å². The molecule has 1 aliphatic carbocycles. The van der Waals surface area contributed by atoms with Crippen molar-refractivity contribution < 1.29 is 4.74 Å². The fourth-order valence-corrected chi connectivity index (χ4v) is 2.85. The lowest BCUT2D eigenvalue weighted by Gasteiger charge is -2.36. The second-order valence-electron chi connectivity index (χ2n) is 4.48. The van der Waals surface area contributed by atoms with Crippen molar-refractivity contribution in [2.45, 2.75) is 26.9 Å². The summed E-state index contributed by atoms with van der Waals surface area (Å²) in [6.07, 6.45) is 6.45. The molecule has 0 aromatic rings. The van der Waals surface area contributed by atoms with E-state index in [1.807, 2.05) is 6.08 Å².